The molecule has 1 unspecified atom stereocenters. The predicted octanol–water partition coefficient (Wildman–Crippen LogP) is 0.0838. The molecule has 0 bridgehead atoms. The van der Waals surface area contributed by atoms with Crippen LogP contribution in [0.25, 0.3) is 0 Å². The fourth-order valence-electron chi connectivity index (χ4n) is 0.866. The van der Waals surface area contributed by atoms with Crippen LogP contribution in [0.15, 0.2) is 24.3 Å². The number of amides is 1. The summed E-state index contributed by atoms with van der Waals surface area (Å²) in [6.07, 6.45) is -1.24. The molecule has 4 N–H and O–H groups in total. The predicted molar refractivity (Wildman–Crippen MR) is 50.1 cm³/mol. The van der Waals surface area contributed by atoms with E-state index in [0.29, 0.717) is 5.69 Å². The van der Waals surface area contributed by atoms with Crippen molar-refractivity contribution in [3.05, 3.63) is 30.1 Å². The molecule has 0 saturated carbocycles. The molecule has 0 fully saturated rings. The largest absolute Gasteiger partial charge is 0.382 e. The van der Waals surface area contributed by atoms with Crippen molar-refractivity contribution in [3.63, 3.8) is 0 Å². The lowest BCUT2D eigenvalue weighted by molar-refractivity contribution is -0.123. The number of carbonyl (C=O) groups excluding carboxylic acids is 1. The van der Waals surface area contributed by atoms with Gasteiger partial charge in [0.2, 0.25) is 0 Å². The molecule has 0 radical (unpaired) electrons. The summed E-state index contributed by atoms with van der Waals surface area (Å²) in [6.45, 7) is -0.146. The van der Waals surface area contributed by atoms with Gasteiger partial charge in [0.05, 0.1) is 0 Å². The van der Waals surface area contributed by atoms with E-state index >= 15 is 0 Å². The highest BCUT2D eigenvalue weighted by molar-refractivity contribution is 5.94. The Balaban J connectivity index is 2.60. The van der Waals surface area contributed by atoms with E-state index in [1.54, 1.807) is 0 Å². The molecule has 0 aliphatic rings. The van der Waals surface area contributed by atoms with Gasteiger partial charge in [-0.05, 0) is 24.3 Å². The maximum atomic E-state index is 12.5. The van der Waals surface area contributed by atoms with Crippen LogP contribution in [-0.2, 0) is 4.79 Å². The van der Waals surface area contributed by atoms with E-state index in [2.05, 4.69) is 5.32 Å². The molecule has 0 saturated heterocycles. The lowest BCUT2D eigenvalue weighted by Gasteiger charge is -2.08. The summed E-state index contributed by atoms with van der Waals surface area (Å²) < 4.78 is 12.5. The maximum Gasteiger partial charge on any atom is 0.254 e. The third-order valence-corrected chi connectivity index (χ3v) is 1.64. The first kappa shape index (κ1) is 10.6. The molecule has 76 valence electrons. The van der Waals surface area contributed by atoms with Crippen LogP contribution in [0.5, 0.6) is 0 Å². The average Bonchev–Trinajstić information content (AvgIpc) is 2.20. The van der Waals surface area contributed by atoms with Gasteiger partial charge in [-0.15, -0.1) is 0 Å². The molecule has 1 rings (SSSR count). The summed E-state index contributed by atoms with van der Waals surface area (Å²) in [7, 11) is 0. The van der Waals surface area contributed by atoms with E-state index in [-0.39, 0.29) is 12.4 Å². The Bertz CT molecular complexity index is 313. The molecule has 1 amide bonds. The van der Waals surface area contributed by atoms with E-state index in [9.17, 15) is 9.18 Å². The molecular weight excluding hydrogens is 187 g/mol. The van der Waals surface area contributed by atoms with E-state index in [1.165, 1.54) is 24.3 Å². The summed E-state index contributed by atoms with van der Waals surface area (Å²) >= 11 is 0. The summed E-state index contributed by atoms with van der Waals surface area (Å²) in [5.74, 6) is -0.985. The Morgan fingerprint density at radius 2 is 2.07 bits per heavy atom. The zero-order chi connectivity index (χ0) is 10.6. The highest BCUT2D eigenvalue weighted by Crippen LogP contribution is 2.08. The Kier molecular flexibility index (Phi) is 3.55. The smallest absolute Gasteiger partial charge is 0.254 e. The van der Waals surface area contributed by atoms with Gasteiger partial charge in [0, 0.05) is 12.2 Å². The van der Waals surface area contributed by atoms with Crippen LogP contribution in [0.1, 0.15) is 0 Å². The number of nitrogens with one attached hydrogen (secondary N) is 1. The van der Waals surface area contributed by atoms with Crippen molar-refractivity contribution in [3.8, 4) is 0 Å². The van der Waals surface area contributed by atoms with Gasteiger partial charge >= 0.3 is 0 Å². The Labute approximate surface area is 80.5 Å². The SMILES string of the molecule is NCC(O)C(=O)Nc1ccc(F)cc1. The van der Waals surface area contributed by atoms with Crippen molar-refractivity contribution in [1.82, 2.24) is 0 Å². The molecule has 1 aromatic carbocycles. The van der Waals surface area contributed by atoms with Crippen molar-refractivity contribution in [2.45, 2.75) is 6.10 Å². The molecule has 5 heteroatoms. The number of nitrogens with two attached hydrogens (primary N) is 1. The van der Waals surface area contributed by atoms with Gasteiger partial charge in [-0.3, -0.25) is 4.79 Å². The van der Waals surface area contributed by atoms with E-state index in [1.807, 2.05) is 0 Å². The number of rotatable bonds is 3. The molecule has 0 aliphatic carbocycles. The number of hydrogen-bond acceptors (Lipinski definition) is 3. The van der Waals surface area contributed by atoms with Gasteiger partial charge < -0.3 is 16.2 Å². The number of halogens is 1. The van der Waals surface area contributed by atoms with Gasteiger partial charge in [-0.2, -0.15) is 0 Å². The first-order chi connectivity index (χ1) is 6.63. The first-order valence-corrected chi connectivity index (χ1v) is 4.08. The summed E-state index contributed by atoms with van der Waals surface area (Å²) in [5.41, 5.74) is 5.50. The van der Waals surface area contributed by atoms with Crippen molar-refractivity contribution in [2.24, 2.45) is 5.73 Å². The standard InChI is InChI=1S/C9H11FN2O2/c10-6-1-3-7(4-2-6)12-9(14)8(13)5-11/h1-4,8,13H,5,11H2,(H,12,14). The Morgan fingerprint density at radius 3 is 2.57 bits per heavy atom. The highest BCUT2D eigenvalue weighted by Gasteiger charge is 2.12. The van der Waals surface area contributed by atoms with Gasteiger partial charge in [-0.25, -0.2) is 4.39 Å². The highest BCUT2D eigenvalue weighted by atomic mass is 19.1. The zero-order valence-corrected chi connectivity index (χ0v) is 7.40. The number of carbonyl (C=O) groups is 1. The quantitative estimate of drug-likeness (QED) is 0.644. The van der Waals surface area contributed by atoms with Crippen LogP contribution in [-0.4, -0.2) is 23.7 Å². The lowest BCUT2D eigenvalue weighted by atomic mass is 10.3. The molecule has 14 heavy (non-hydrogen) atoms. The van der Waals surface area contributed by atoms with Gasteiger partial charge in [0.1, 0.15) is 11.9 Å². The van der Waals surface area contributed by atoms with Crippen LogP contribution in [0, 0.1) is 5.82 Å². The van der Waals surface area contributed by atoms with Crippen LogP contribution in [0.3, 0.4) is 0 Å². The monoisotopic (exact) mass is 198 g/mol. The van der Waals surface area contributed by atoms with E-state index in [4.69, 9.17) is 10.8 Å². The maximum absolute atomic E-state index is 12.5. The minimum Gasteiger partial charge on any atom is -0.382 e. The fourth-order valence-corrected chi connectivity index (χ4v) is 0.866. The minimum absolute atomic E-state index is 0.146. The van der Waals surface area contributed by atoms with Crippen LogP contribution < -0.4 is 11.1 Å². The zero-order valence-electron chi connectivity index (χ0n) is 7.40. The molecule has 0 aromatic heterocycles. The second kappa shape index (κ2) is 4.69. The van der Waals surface area contributed by atoms with Crippen LogP contribution in [0.4, 0.5) is 10.1 Å². The van der Waals surface area contributed by atoms with Gasteiger partial charge in [-0.1, -0.05) is 0 Å². The molecule has 0 aliphatic heterocycles. The molecule has 0 heterocycles. The fraction of sp³-hybridized carbons (Fsp3) is 0.222. The molecule has 1 aromatic rings. The van der Waals surface area contributed by atoms with Crippen molar-refractivity contribution < 1.29 is 14.3 Å². The van der Waals surface area contributed by atoms with Gasteiger partial charge in [0.15, 0.2) is 0 Å². The summed E-state index contributed by atoms with van der Waals surface area (Å²) in [5, 5.41) is 11.4. The molecular formula is C9H11FN2O2. The molecule has 4 nitrogen and oxygen atoms in total. The van der Waals surface area contributed by atoms with Crippen LogP contribution >= 0.6 is 0 Å². The van der Waals surface area contributed by atoms with Gasteiger partial charge in [0.25, 0.3) is 5.91 Å². The van der Waals surface area contributed by atoms with Crippen molar-refractivity contribution >= 4 is 11.6 Å². The number of hydrogen-bond donors (Lipinski definition) is 3. The first-order valence-electron chi connectivity index (χ1n) is 4.08. The van der Waals surface area contributed by atoms with Crippen molar-refractivity contribution in [2.75, 3.05) is 11.9 Å². The second-order valence-electron chi connectivity index (χ2n) is 2.75. The van der Waals surface area contributed by atoms with E-state index in [0.717, 1.165) is 0 Å². The topological polar surface area (TPSA) is 75.3 Å². The summed E-state index contributed by atoms with van der Waals surface area (Å²) in [6, 6.07) is 5.22. The van der Waals surface area contributed by atoms with Crippen molar-refractivity contribution in [1.29, 1.82) is 0 Å². The number of anilines is 1. The third-order valence-electron chi connectivity index (χ3n) is 1.64. The third kappa shape index (κ3) is 2.79. The summed E-state index contributed by atoms with van der Waals surface area (Å²) in [4.78, 5) is 11.1. The molecule has 1 atom stereocenters. The average molecular weight is 198 g/mol. The normalized spacial score (nSPS) is 12.2. The Hall–Kier alpha value is -1.46. The lowest BCUT2D eigenvalue weighted by Crippen LogP contribution is -2.34. The second-order valence-corrected chi connectivity index (χ2v) is 2.75. The van der Waals surface area contributed by atoms with E-state index < -0.39 is 12.0 Å². The Morgan fingerprint density at radius 1 is 1.50 bits per heavy atom. The number of benzene rings is 1. The minimum atomic E-state index is -1.24. The van der Waals surface area contributed by atoms with Crippen LogP contribution in [0.2, 0.25) is 0 Å². The number of aliphatic hydroxyl groups excluding tert-OH is 1. The molecule has 0 spiro atoms. The number of aliphatic hydroxyl groups is 1.